The van der Waals surface area contributed by atoms with Crippen molar-refractivity contribution in [3.8, 4) is 0 Å². The number of carbonyl (C=O) groups is 2. The monoisotopic (exact) mass is 398 g/mol. The number of benzene rings is 2. The summed E-state index contributed by atoms with van der Waals surface area (Å²) in [6.45, 7) is 0.348. The molecule has 144 valence electrons. The molecule has 0 atom stereocenters. The number of sulfonamides is 1. The van der Waals surface area contributed by atoms with Gasteiger partial charge in [0.2, 0.25) is 10.0 Å². The van der Waals surface area contributed by atoms with E-state index in [4.69, 9.17) is 0 Å². The van der Waals surface area contributed by atoms with Crippen LogP contribution in [0, 0.1) is 18.6 Å². The average Bonchev–Trinajstić information content (AvgIpc) is 2.61. The van der Waals surface area contributed by atoms with Gasteiger partial charge in [0.05, 0.1) is 10.6 Å². The molecule has 2 rings (SSSR count). The summed E-state index contributed by atoms with van der Waals surface area (Å²) in [6.07, 6.45) is 0. The van der Waals surface area contributed by atoms with Crippen LogP contribution < -0.4 is 10.0 Å². The van der Waals surface area contributed by atoms with Crippen molar-refractivity contribution in [2.24, 2.45) is 0 Å². The summed E-state index contributed by atoms with van der Waals surface area (Å²) in [6, 6.07) is 8.52. The van der Waals surface area contributed by atoms with Crippen molar-refractivity contribution in [1.29, 1.82) is 0 Å². The fourth-order valence-corrected chi connectivity index (χ4v) is 2.90. The number of hydrogen-bond donors (Lipinski definition) is 2. The van der Waals surface area contributed by atoms with Gasteiger partial charge in [-0.05, 0) is 31.2 Å². The van der Waals surface area contributed by atoms with Gasteiger partial charge in [0.1, 0.15) is 18.2 Å². The van der Waals surface area contributed by atoms with Crippen molar-refractivity contribution in [3.05, 3.63) is 59.7 Å². The lowest BCUT2D eigenvalue weighted by molar-refractivity contribution is -0.146. The van der Waals surface area contributed by atoms with Crippen molar-refractivity contribution in [3.63, 3.8) is 0 Å². The van der Waals surface area contributed by atoms with E-state index < -0.39 is 46.7 Å². The molecule has 0 aromatic heterocycles. The lowest BCUT2D eigenvalue weighted by Gasteiger charge is -2.09. The molecule has 7 nitrogen and oxygen atoms in total. The number of halogens is 2. The first-order valence-corrected chi connectivity index (χ1v) is 9.12. The summed E-state index contributed by atoms with van der Waals surface area (Å²) in [5.74, 6) is -3.66. The Bertz CT molecular complexity index is 946. The van der Waals surface area contributed by atoms with Crippen LogP contribution in [0.1, 0.15) is 5.56 Å². The number of anilines is 1. The molecule has 10 heteroatoms. The molecule has 0 spiro atoms. The van der Waals surface area contributed by atoms with Gasteiger partial charge >= 0.3 is 5.97 Å². The van der Waals surface area contributed by atoms with Crippen LogP contribution in [0.2, 0.25) is 0 Å². The second-order valence-electron chi connectivity index (χ2n) is 5.47. The molecule has 0 saturated heterocycles. The molecule has 2 N–H and O–H groups in total. The molecule has 0 unspecified atom stereocenters. The van der Waals surface area contributed by atoms with Crippen LogP contribution in [0.3, 0.4) is 0 Å². The van der Waals surface area contributed by atoms with E-state index in [0.29, 0.717) is 6.07 Å². The van der Waals surface area contributed by atoms with Crippen LogP contribution in [0.5, 0.6) is 0 Å². The summed E-state index contributed by atoms with van der Waals surface area (Å²) in [5.41, 5.74) is 0.592. The van der Waals surface area contributed by atoms with E-state index in [2.05, 4.69) is 10.1 Å². The third-order valence-corrected chi connectivity index (χ3v) is 4.72. The smallest absolute Gasteiger partial charge is 0.321 e. The second kappa shape index (κ2) is 8.69. The SMILES string of the molecule is Cc1ccc(S(=O)(=O)NCC(=O)OCC(=O)Nc2ccc(F)cc2F)cc1. The Hall–Kier alpha value is -2.85. The Balaban J connectivity index is 1.81. The molecule has 27 heavy (non-hydrogen) atoms. The van der Waals surface area contributed by atoms with Crippen LogP contribution in [-0.4, -0.2) is 33.4 Å². The van der Waals surface area contributed by atoms with E-state index in [1.807, 2.05) is 4.72 Å². The predicted octanol–water partition coefficient (Wildman–Crippen LogP) is 1.73. The highest BCUT2D eigenvalue weighted by Crippen LogP contribution is 2.14. The number of rotatable bonds is 7. The zero-order valence-electron chi connectivity index (χ0n) is 14.2. The Morgan fingerprint density at radius 3 is 2.37 bits per heavy atom. The van der Waals surface area contributed by atoms with E-state index in [9.17, 15) is 26.8 Å². The van der Waals surface area contributed by atoms with Crippen molar-refractivity contribution < 1.29 is 31.5 Å². The van der Waals surface area contributed by atoms with Crippen LogP contribution in [0.15, 0.2) is 47.4 Å². The fourth-order valence-electron chi connectivity index (χ4n) is 1.93. The molecular formula is C17H16F2N2O5S. The normalized spacial score (nSPS) is 11.1. The fraction of sp³-hybridized carbons (Fsp3) is 0.176. The molecule has 2 aromatic rings. The van der Waals surface area contributed by atoms with Crippen molar-refractivity contribution in [2.45, 2.75) is 11.8 Å². The van der Waals surface area contributed by atoms with Crippen LogP contribution in [0.25, 0.3) is 0 Å². The van der Waals surface area contributed by atoms with Gasteiger partial charge in [-0.15, -0.1) is 0 Å². The van der Waals surface area contributed by atoms with Gasteiger partial charge < -0.3 is 10.1 Å². The first-order chi connectivity index (χ1) is 12.7. The number of ether oxygens (including phenoxy) is 1. The number of esters is 1. The third-order valence-electron chi connectivity index (χ3n) is 3.31. The summed E-state index contributed by atoms with van der Waals surface area (Å²) in [7, 11) is -3.91. The molecule has 0 aliphatic carbocycles. The number of hydrogen-bond acceptors (Lipinski definition) is 5. The molecule has 0 radical (unpaired) electrons. The summed E-state index contributed by atoms with van der Waals surface area (Å²) >= 11 is 0. The van der Waals surface area contributed by atoms with Gasteiger partial charge in [0.15, 0.2) is 6.61 Å². The Morgan fingerprint density at radius 2 is 1.74 bits per heavy atom. The van der Waals surface area contributed by atoms with Crippen LogP contribution >= 0.6 is 0 Å². The van der Waals surface area contributed by atoms with Gasteiger partial charge in [-0.3, -0.25) is 9.59 Å². The predicted molar refractivity (Wildman–Crippen MR) is 92.3 cm³/mol. The Labute approximate surface area is 154 Å². The van der Waals surface area contributed by atoms with Crippen LogP contribution in [0.4, 0.5) is 14.5 Å². The second-order valence-corrected chi connectivity index (χ2v) is 7.24. The van der Waals surface area contributed by atoms with Crippen molar-refractivity contribution in [1.82, 2.24) is 4.72 Å². The maximum atomic E-state index is 13.4. The minimum absolute atomic E-state index is 0.0228. The number of amides is 1. The quantitative estimate of drug-likeness (QED) is 0.692. The van der Waals surface area contributed by atoms with Crippen molar-refractivity contribution >= 4 is 27.6 Å². The average molecular weight is 398 g/mol. The maximum absolute atomic E-state index is 13.4. The molecule has 0 aliphatic heterocycles. The molecule has 0 saturated carbocycles. The molecule has 0 heterocycles. The first kappa shape index (κ1) is 20.5. The van der Waals surface area contributed by atoms with E-state index in [-0.39, 0.29) is 10.6 Å². The van der Waals surface area contributed by atoms with Gasteiger partial charge in [0, 0.05) is 6.07 Å². The van der Waals surface area contributed by atoms with Gasteiger partial charge in [0.25, 0.3) is 5.91 Å². The standard InChI is InChI=1S/C17H16F2N2O5S/c1-11-2-5-13(6-3-11)27(24,25)20-9-17(23)26-10-16(22)21-15-7-4-12(18)8-14(15)19/h2-8,20H,9-10H2,1H3,(H,21,22). The van der Waals surface area contributed by atoms with Crippen LogP contribution in [-0.2, 0) is 24.3 Å². The lowest BCUT2D eigenvalue weighted by atomic mass is 10.2. The summed E-state index contributed by atoms with van der Waals surface area (Å²) in [5, 5.41) is 2.10. The Morgan fingerprint density at radius 1 is 1.07 bits per heavy atom. The highest BCUT2D eigenvalue weighted by atomic mass is 32.2. The minimum Gasteiger partial charge on any atom is -0.455 e. The number of nitrogens with one attached hydrogen (secondary N) is 2. The zero-order chi connectivity index (χ0) is 20.0. The topological polar surface area (TPSA) is 102 Å². The zero-order valence-corrected chi connectivity index (χ0v) is 15.0. The van der Waals surface area contributed by atoms with E-state index >= 15 is 0 Å². The van der Waals surface area contributed by atoms with Gasteiger partial charge in [-0.1, -0.05) is 17.7 Å². The largest absolute Gasteiger partial charge is 0.455 e. The summed E-state index contributed by atoms with van der Waals surface area (Å²) < 4.78 is 56.9. The number of carbonyl (C=O) groups excluding carboxylic acids is 2. The highest BCUT2D eigenvalue weighted by Gasteiger charge is 2.17. The molecule has 2 aromatic carbocycles. The molecule has 0 bridgehead atoms. The summed E-state index contributed by atoms with van der Waals surface area (Å²) in [4.78, 5) is 23.2. The molecule has 1 amide bonds. The molecular weight excluding hydrogens is 382 g/mol. The van der Waals surface area contributed by atoms with Gasteiger partial charge in [-0.25, -0.2) is 17.2 Å². The third kappa shape index (κ3) is 6.12. The molecule has 0 fully saturated rings. The highest BCUT2D eigenvalue weighted by molar-refractivity contribution is 7.89. The first-order valence-electron chi connectivity index (χ1n) is 7.64. The van der Waals surface area contributed by atoms with E-state index in [1.165, 1.54) is 12.1 Å². The molecule has 0 aliphatic rings. The minimum atomic E-state index is -3.91. The Kier molecular flexibility index (Phi) is 6.59. The van der Waals surface area contributed by atoms with E-state index in [1.54, 1.807) is 19.1 Å². The van der Waals surface area contributed by atoms with Gasteiger partial charge in [-0.2, -0.15) is 4.72 Å². The maximum Gasteiger partial charge on any atom is 0.321 e. The number of aryl methyl sites for hydroxylation is 1. The van der Waals surface area contributed by atoms with Crippen molar-refractivity contribution in [2.75, 3.05) is 18.5 Å². The lowest BCUT2D eigenvalue weighted by Crippen LogP contribution is -2.32. The van der Waals surface area contributed by atoms with E-state index in [0.717, 1.165) is 17.7 Å².